The molecule has 134 valence electrons. The number of para-hydroxylation sites is 1. The van der Waals surface area contributed by atoms with Gasteiger partial charge in [0, 0.05) is 40.5 Å². The Kier molecular flexibility index (Phi) is 2.91. The zero-order chi connectivity index (χ0) is 18.1. The molecule has 0 N–H and O–H groups in total. The lowest BCUT2D eigenvalue weighted by Crippen LogP contribution is -2.34. The first kappa shape index (κ1) is 15.0. The van der Waals surface area contributed by atoms with Crippen molar-refractivity contribution < 1.29 is 8.83 Å². The maximum Gasteiger partial charge on any atom is 0.351 e. The Morgan fingerprint density at radius 2 is 1.63 bits per heavy atom. The molecule has 2 aliphatic heterocycles. The first-order valence-corrected chi connectivity index (χ1v) is 9.44. The van der Waals surface area contributed by atoms with Gasteiger partial charge in [-0.05, 0) is 43.4 Å². The molecule has 2 aromatic carbocycles. The summed E-state index contributed by atoms with van der Waals surface area (Å²) in [5, 5.41) is 2.30. The fourth-order valence-corrected chi connectivity index (χ4v) is 4.89. The Hall–Kier alpha value is -3.08. The number of fused-ring (bicyclic) bond motifs is 6. The second kappa shape index (κ2) is 5.22. The Morgan fingerprint density at radius 3 is 2.52 bits per heavy atom. The quantitative estimate of drug-likeness (QED) is 0.353. The van der Waals surface area contributed by atoms with Crippen LogP contribution in [0.15, 0.2) is 48.8 Å². The largest absolute Gasteiger partial charge is 0.422 e. The van der Waals surface area contributed by atoms with Gasteiger partial charge in [0.15, 0.2) is 5.39 Å². The van der Waals surface area contributed by atoms with Crippen LogP contribution >= 0.6 is 0 Å². The number of benzene rings is 2. The van der Waals surface area contributed by atoms with Gasteiger partial charge in [0.1, 0.15) is 11.2 Å². The number of rotatable bonds is 0. The third kappa shape index (κ3) is 1.94. The van der Waals surface area contributed by atoms with Gasteiger partial charge >= 0.3 is 11.3 Å². The minimum Gasteiger partial charge on any atom is -0.422 e. The molecule has 2 aromatic heterocycles. The van der Waals surface area contributed by atoms with Gasteiger partial charge < -0.3 is 13.7 Å². The number of hydrogen-bond acceptors (Lipinski definition) is 5. The molecule has 0 fully saturated rings. The SMILES string of the molecule is O=c1oc2ccccc2c2c1c(=O)oc1c3c4c(cc12)CCCN4CCC3. The zero-order valence-corrected chi connectivity index (χ0v) is 14.7. The molecule has 6 rings (SSSR count). The minimum absolute atomic E-state index is 0.0109. The van der Waals surface area contributed by atoms with E-state index in [9.17, 15) is 9.59 Å². The van der Waals surface area contributed by atoms with Crippen LogP contribution in [0.1, 0.15) is 24.0 Å². The molecule has 2 aliphatic rings. The van der Waals surface area contributed by atoms with Crippen LogP contribution in [-0.2, 0) is 12.8 Å². The number of anilines is 1. The Bertz CT molecular complexity index is 1380. The molecule has 4 heterocycles. The van der Waals surface area contributed by atoms with E-state index < -0.39 is 11.3 Å². The molecule has 5 nitrogen and oxygen atoms in total. The van der Waals surface area contributed by atoms with Crippen molar-refractivity contribution in [1.29, 1.82) is 0 Å². The van der Waals surface area contributed by atoms with Gasteiger partial charge in [-0.1, -0.05) is 18.2 Å². The van der Waals surface area contributed by atoms with E-state index in [4.69, 9.17) is 8.83 Å². The molecular formula is C22H17NO4. The molecule has 0 radical (unpaired) electrons. The van der Waals surface area contributed by atoms with Gasteiger partial charge in [0.25, 0.3) is 0 Å². The van der Waals surface area contributed by atoms with Crippen LogP contribution in [0, 0.1) is 0 Å². The van der Waals surface area contributed by atoms with Crippen LogP contribution in [-0.4, -0.2) is 13.1 Å². The van der Waals surface area contributed by atoms with Crippen molar-refractivity contribution in [2.75, 3.05) is 18.0 Å². The molecule has 0 spiro atoms. The van der Waals surface area contributed by atoms with E-state index in [1.54, 1.807) is 6.07 Å². The highest BCUT2D eigenvalue weighted by Crippen LogP contribution is 2.41. The van der Waals surface area contributed by atoms with Crippen LogP contribution in [0.3, 0.4) is 0 Å². The van der Waals surface area contributed by atoms with E-state index in [0.717, 1.165) is 55.1 Å². The summed E-state index contributed by atoms with van der Waals surface area (Å²) in [7, 11) is 0. The van der Waals surface area contributed by atoms with E-state index in [1.807, 2.05) is 18.2 Å². The summed E-state index contributed by atoms with van der Waals surface area (Å²) in [5.74, 6) is 0. The van der Waals surface area contributed by atoms with Gasteiger partial charge in [-0.3, -0.25) is 0 Å². The summed E-state index contributed by atoms with van der Waals surface area (Å²) < 4.78 is 11.1. The lowest BCUT2D eigenvalue weighted by molar-refractivity contribution is 0.541. The van der Waals surface area contributed by atoms with Gasteiger partial charge in [-0.15, -0.1) is 0 Å². The van der Waals surface area contributed by atoms with Crippen LogP contribution in [0.5, 0.6) is 0 Å². The fraction of sp³-hybridized carbons (Fsp3) is 0.273. The molecule has 4 aromatic rings. The van der Waals surface area contributed by atoms with Crippen molar-refractivity contribution in [3.63, 3.8) is 0 Å². The van der Waals surface area contributed by atoms with Crippen molar-refractivity contribution in [3.05, 3.63) is 62.3 Å². The summed E-state index contributed by atoms with van der Waals surface area (Å²) in [6.07, 6.45) is 4.07. The molecule has 27 heavy (non-hydrogen) atoms. The molecule has 0 atom stereocenters. The zero-order valence-electron chi connectivity index (χ0n) is 14.7. The topological polar surface area (TPSA) is 63.7 Å². The van der Waals surface area contributed by atoms with Gasteiger partial charge in [0.05, 0.1) is 0 Å². The first-order chi connectivity index (χ1) is 13.2. The van der Waals surface area contributed by atoms with Crippen molar-refractivity contribution in [1.82, 2.24) is 0 Å². The summed E-state index contributed by atoms with van der Waals surface area (Å²) >= 11 is 0. The maximum atomic E-state index is 12.8. The highest BCUT2D eigenvalue weighted by Gasteiger charge is 2.28. The van der Waals surface area contributed by atoms with Gasteiger partial charge in [-0.2, -0.15) is 0 Å². The van der Waals surface area contributed by atoms with E-state index >= 15 is 0 Å². The van der Waals surface area contributed by atoms with Crippen molar-refractivity contribution in [3.8, 4) is 0 Å². The first-order valence-electron chi connectivity index (χ1n) is 9.44. The van der Waals surface area contributed by atoms with E-state index in [-0.39, 0.29) is 5.39 Å². The highest BCUT2D eigenvalue weighted by atomic mass is 16.4. The second-order valence-electron chi connectivity index (χ2n) is 7.46. The van der Waals surface area contributed by atoms with Crippen LogP contribution in [0.2, 0.25) is 0 Å². The molecular weight excluding hydrogens is 342 g/mol. The standard InChI is InChI=1S/C22H17NO4/c24-21-18-17(13-6-1-2-8-16(13)26-21)15-11-12-5-3-9-23-10-4-7-14(19(12)23)20(15)27-22(18)25/h1-2,6,8,11H,3-5,7,9-10H2. The molecule has 5 heteroatoms. The van der Waals surface area contributed by atoms with Crippen LogP contribution in [0.4, 0.5) is 5.69 Å². The minimum atomic E-state index is -0.632. The molecule has 0 aliphatic carbocycles. The molecule has 0 amide bonds. The molecule has 0 saturated heterocycles. The van der Waals surface area contributed by atoms with E-state index in [1.165, 1.54) is 11.3 Å². The second-order valence-corrected chi connectivity index (χ2v) is 7.46. The summed E-state index contributed by atoms with van der Waals surface area (Å²) in [4.78, 5) is 27.7. The summed E-state index contributed by atoms with van der Waals surface area (Å²) in [6.45, 7) is 2.10. The Balaban J connectivity index is 1.92. The molecule has 0 bridgehead atoms. The maximum absolute atomic E-state index is 12.8. The summed E-state index contributed by atoms with van der Waals surface area (Å²) in [6, 6.07) is 9.51. The average molecular weight is 359 g/mol. The van der Waals surface area contributed by atoms with Crippen LogP contribution in [0.25, 0.3) is 32.7 Å². The van der Waals surface area contributed by atoms with E-state index in [2.05, 4.69) is 11.0 Å². The average Bonchev–Trinajstić information content (AvgIpc) is 2.69. The van der Waals surface area contributed by atoms with Crippen LogP contribution < -0.4 is 16.2 Å². The lowest BCUT2D eigenvalue weighted by Gasteiger charge is -2.37. The molecule has 0 saturated carbocycles. The highest BCUT2D eigenvalue weighted by molar-refractivity contribution is 6.18. The van der Waals surface area contributed by atoms with Gasteiger partial charge in [-0.25, -0.2) is 9.59 Å². The third-order valence-corrected chi connectivity index (χ3v) is 5.95. The van der Waals surface area contributed by atoms with Gasteiger partial charge in [0.2, 0.25) is 0 Å². The number of aryl methyl sites for hydroxylation is 2. The third-order valence-electron chi connectivity index (χ3n) is 5.95. The van der Waals surface area contributed by atoms with E-state index in [0.29, 0.717) is 16.6 Å². The predicted molar refractivity (Wildman–Crippen MR) is 105 cm³/mol. The Labute approximate surface area is 153 Å². The van der Waals surface area contributed by atoms with Crippen molar-refractivity contribution in [2.24, 2.45) is 0 Å². The Morgan fingerprint density at radius 1 is 0.852 bits per heavy atom. The molecule has 0 unspecified atom stereocenters. The normalized spacial score (nSPS) is 16.2. The lowest BCUT2D eigenvalue weighted by atomic mass is 9.89. The smallest absolute Gasteiger partial charge is 0.351 e. The number of hydrogen-bond donors (Lipinski definition) is 0. The van der Waals surface area contributed by atoms with Crippen molar-refractivity contribution >= 4 is 38.4 Å². The number of nitrogens with zero attached hydrogens (tertiary/aromatic N) is 1. The summed E-state index contributed by atoms with van der Waals surface area (Å²) in [5.41, 5.74) is 3.53. The fourth-order valence-electron chi connectivity index (χ4n) is 4.89. The predicted octanol–water partition coefficient (Wildman–Crippen LogP) is 3.75. The monoisotopic (exact) mass is 359 g/mol. The van der Waals surface area contributed by atoms with Crippen molar-refractivity contribution in [2.45, 2.75) is 25.7 Å².